The molecular weight excluding hydrogens is 387 g/mol. The lowest BCUT2D eigenvalue weighted by atomic mass is 9.94. The molecule has 2 heterocycles. The fourth-order valence-electron chi connectivity index (χ4n) is 3.69. The summed E-state index contributed by atoms with van der Waals surface area (Å²) in [5, 5.41) is 9.38. The number of thiophene rings is 1. The standard InChI is InChI=1S/C24H23FO3S/c1-15-2-3-17(23-13-20(27)12-21(14-26)28-23)10-18(15)11-22-8-9-24(29-22)16-4-6-19(25)7-5-16/h2-10,21,23,26H,11-14H2,1H3. The minimum Gasteiger partial charge on any atom is -0.394 e. The number of aliphatic hydroxyl groups excluding tert-OH is 1. The van der Waals surface area contributed by atoms with Crippen molar-refractivity contribution in [2.24, 2.45) is 0 Å². The SMILES string of the molecule is Cc1ccc(C2CC(=O)CC(CO)O2)cc1Cc1ccc(-c2ccc(F)cc2)s1. The van der Waals surface area contributed by atoms with Crippen LogP contribution in [0.15, 0.2) is 54.6 Å². The highest BCUT2D eigenvalue weighted by Crippen LogP contribution is 2.33. The number of carbonyl (C=O) groups is 1. The fraction of sp³-hybridized carbons (Fsp3) is 0.292. The van der Waals surface area contributed by atoms with Crippen LogP contribution in [0.1, 0.15) is 40.5 Å². The molecule has 1 aliphatic heterocycles. The van der Waals surface area contributed by atoms with Gasteiger partial charge in [-0.1, -0.05) is 30.3 Å². The molecule has 150 valence electrons. The first-order valence-electron chi connectivity index (χ1n) is 9.74. The second-order valence-electron chi connectivity index (χ2n) is 7.51. The van der Waals surface area contributed by atoms with E-state index in [0.29, 0.717) is 6.42 Å². The molecule has 2 unspecified atom stereocenters. The minimum absolute atomic E-state index is 0.129. The predicted octanol–water partition coefficient (Wildman–Crippen LogP) is 5.23. The number of hydrogen-bond acceptors (Lipinski definition) is 4. The van der Waals surface area contributed by atoms with E-state index in [9.17, 15) is 14.3 Å². The van der Waals surface area contributed by atoms with Crippen LogP contribution in [0.3, 0.4) is 0 Å². The first-order chi connectivity index (χ1) is 14.0. The number of carbonyl (C=O) groups excluding carboxylic acids is 1. The fourth-order valence-corrected chi connectivity index (χ4v) is 4.72. The average Bonchev–Trinajstić information content (AvgIpc) is 3.18. The topological polar surface area (TPSA) is 46.5 Å². The number of aryl methyl sites for hydroxylation is 1. The Morgan fingerprint density at radius 2 is 1.90 bits per heavy atom. The van der Waals surface area contributed by atoms with Gasteiger partial charge < -0.3 is 9.84 Å². The van der Waals surface area contributed by atoms with Gasteiger partial charge in [-0.3, -0.25) is 4.79 Å². The molecule has 29 heavy (non-hydrogen) atoms. The van der Waals surface area contributed by atoms with Crippen molar-refractivity contribution in [3.05, 3.63) is 82.0 Å². The molecule has 3 nitrogen and oxygen atoms in total. The van der Waals surface area contributed by atoms with Crippen LogP contribution < -0.4 is 0 Å². The van der Waals surface area contributed by atoms with Crippen molar-refractivity contribution in [3.63, 3.8) is 0 Å². The number of ether oxygens (including phenoxy) is 1. The highest BCUT2D eigenvalue weighted by Gasteiger charge is 2.28. The Bertz CT molecular complexity index is 1010. The molecule has 1 fully saturated rings. The van der Waals surface area contributed by atoms with Crippen molar-refractivity contribution < 1.29 is 19.0 Å². The summed E-state index contributed by atoms with van der Waals surface area (Å²) in [5.41, 5.74) is 4.37. The third kappa shape index (κ3) is 4.64. The third-order valence-electron chi connectivity index (χ3n) is 5.33. The highest BCUT2D eigenvalue weighted by atomic mass is 32.1. The molecule has 1 N–H and O–H groups in total. The monoisotopic (exact) mass is 410 g/mol. The van der Waals surface area contributed by atoms with Gasteiger partial charge in [0.15, 0.2) is 0 Å². The molecule has 0 bridgehead atoms. The van der Waals surface area contributed by atoms with Crippen LogP contribution >= 0.6 is 11.3 Å². The summed E-state index contributed by atoms with van der Waals surface area (Å²) in [6.45, 7) is 1.94. The van der Waals surface area contributed by atoms with Gasteiger partial charge in [-0.25, -0.2) is 4.39 Å². The van der Waals surface area contributed by atoms with Crippen LogP contribution in [0.25, 0.3) is 10.4 Å². The van der Waals surface area contributed by atoms with E-state index in [0.717, 1.165) is 22.4 Å². The molecule has 1 saturated heterocycles. The maximum absolute atomic E-state index is 13.2. The van der Waals surface area contributed by atoms with Crippen LogP contribution in [0, 0.1) is 12.7 Å². The Hall–Kier alpha value is -2.34. The maximum Gasteiger partial charge on any atom is 0.138 e. The molecule has 0 aliphatic carbocycles. The first kappa shape index (κ1) is 20.0. The summed E-state index contributed by atoms with van der Waals surface area (Å²) in [4.78, 5) is 14.3. The van der Waals surface area contributed by atoms with Crippen LogP contribution in [0.4, 0.5) is 4.39 Å². The highest BCUT2D eigenvalue weighted by molar-refractivity contribution is 7.15. The van der Waals surface area contributed by atoms with Crippen molar-refractivity contribution in [3.8, 4) is 10.4 Å². The lowest BCUT2D eigenvalue weighted by Gasteiger charge is -2.28. The van der Waals surface area contributed by atoms with E-state index in [1.54, 1.807) is 23.5 Å². The average molecular weight is 411 g/mol. The van der Waals surface area contributed by atoms with Gasteiger partial charge >= 0.3 is 0 Å². The van der Waals surface area contributed by atoms with Crippen molar-refractivity contribution in [1.29, 1.82) is 0 Å². The van der Waals surface area contributed by atoms with Gasteiger partial charge in [0.2, 0.25) is 0 Å². The minimum atomic E-state index is -0.415. The Morgan fingerprint density at radius 1 is 1.10 bits per heavy atom. The zero-order valence-electron chi connectivity index (χ0n) is 16.2. The molecular formula is C24H23FO3S. The molecule has 2 atom stereocenters. The van der Waals surface area contributed by atoms with Gasteiger partial charge in [0.1, 0.15) is 11.6 Å². The van der Waals surface area contributed by atoms with Gasteiger partial charge in [0.25, 0.3) is 0 Å². The van der Waals surface area contributed by atoms with Crippen LogP contribution in [-0.2, 0) is 16.0 Å². The Labute approximate surface area is 173 Å². The molecule has 0 radical (unpaired) electrons. The largest absolute Gasteiger partial charge is 0.394 e. The number of halogens is 1. The second kappa shape index (κ2) is 8.57. The normalized spacial score (nSPS) is 19.5. The number of ketones is 1. The van der Waals surface area contributed by atoms with Gasteiger partial charge in [0, 0.05) is 29.0 Å². The number of benzene rings is 2. The summed E-state index contributed by atoms with van der Waals surface area (Å²) < 4.78 is 19.1. The number of Topliss-reactive ketones (excluding diaryl/α,β-unsaturated/α-hetero) is 1. The van der Waals surface area contributed by atoms with E-state index in [1.165, 1.54) is 28.1 Å². The first-order valence-corrected chi connectivity index (χ1v) is 10.6. The molecule has 0 amide bonds. The van der Waals surface area contributed by atoms with Gasteiger partial charge in [0.05, 0.1) is 18.8 Å². The summed E-state index contributed by atoms with van der Waals surface area (Å²) in [5.74, 6) is -0.102. The Morgan fingerprint density at radius 3 is 2.66 bits per heavy atom. The quantitative estimate of drug-likeness (QED) is 0.626. The van der Waals surface area contributed by atoms with E-state index in [4.69, 9.17) is 4.74 Å². The van der Waals surface area contributed by atoms with E-state index in [1.807, 2.05) is 6.07 Å². The molecule has 0 spiro atoms. The molecule has 3 aromatic rings. The summed E-state index contributed by atoms with van der Waals surface area (Å²) in [6, 6.07) is 16.9. The third-order valence-corrected chi connectivity index (χ3v) is 6.46. The Balaban J connectivity index is 1.54. The zero-order valence-corrected chi connectivity index (χ0v) is 17.0. The van der Waals surface area contributed by atoms with Gasteiger partial charge in [-0.05, 0) is 53.4 Å². The summed E-state index contributed by atoms with van der Waals surface area (Å²) in [6.07, 6.45) is 0.711. The number of aliphatic hydroxyl groups is 1. The van der Waals surface area contributed by atoms with E-state index < -0.39 is 6.10 Å². The molecule has 2 aromatic carbocycles. The van der Waals surface area contributed by atoms with E-state index in [2.05, 4.69) is 31.2 Å². The molecule has 0 saturated carbocycles. The predicted molar refractivity (Wildman–Crippen MR) is 113 cm³/mol. The summed E-state index contributed by atoms with van der Waals surface area (Å²) in [7, 11) is 0. The molecule has 1 aliphatic rings. The Kier molecular flexibility index (Phi) is 5.90. The smallest absolute Gasteiger partial charge is 0.138 e. The molecule has 4 rings (SSSR count). The molecule has 5 heteroatoms. The maximum atomic E-state index is 13.2. The number of hydrogen-bond donors (Lipinski definition) is 1. The lowest BCUT2D eigenvalue weighted by Crippen LogP contribution is -2.30. The number of rotatable bonds is 5. The van der Waals surface area contributed by atoms with Gasteiger partial charge in [-0.2, -0.15) is 0 Å². The zero-order chi connectivity index (χ0) is 20.4. The molecule has 1 aromatic heterocycles. The van der Waals surface area contributed by atoms with Gasteiger partial charge in [-0.15, -0.1) is 11.3 Å². The van der Waals surface area contributed by atoms with Crippen molar-refractivity contribution >= 4 is 17.1 Å². The van der Waals surface area contributed by atoms with Crippen LogP contribution in [-0.4, -0.2) is 23.6 Å². The van der Waals surface area contributed by atoms with Crippen LogP contribution in [0.2, 0.25) is 0 Å². The van der Waals surface area contributed by atoms with Crippen molar-refractivity contribution in [2.75, 3.05) is 6.61 Å². The van der Waals surface area contributed by atoms with E-state index in [-0.39, 0.29) is 30.7 Å². The van der Waals surface area contributed by atoms with Crippen molar-refractivity contribution in [2.45, 2.75) is 38.4 Å². The van der Waals surface area contributed by atoms with Crippen molar-refractivity contribution in [1.82, 2.24) is 0 Å². The summed E-state index contributed by atoms with van der Waals surface area (Å²) >= 11 is 1.70. The second-order valence-corrected chi connectivity index (χ2v) is 8.68. The lowest BCUT2D eigenvalue weighted by molar-refractivity contribution is -0.139. The van der Waals surface area contributed by atoms with Crippen LogP contribution in [0.5, 0.6) is 0 Å². The van der Waals surface area contributed by atoms with E-state index >= 15 is 0 Å².